The fourth-order valence-electron chi connectivity index (χ4n) is 3.35. The van der Waals surface area contributed by atoms with E-state index in [1.54, 1.807) is 5.48 Å². The SMILES string of the molecule is O=C(Cc1ccccc1)Cc1ccc2c(c1)CC(C(=O)NO)CC2. The average Bonchev–Trinajstić information content (AvgIpc) is 2.61. The van der Waals surface area contributed by atoms with E-state index in [1.165, 1.54) is 5.56 Å². The lowest BCUT2D eigenvalue weighted by Gasteiger charge is -2.23. The first-order valence-electron chi connectivity index (χ1n) is 8.26. The smallest absolute Gasteiger partial charge is 0.246 e. The van der Waals surface area contributed by atoms with E-state index in [1.807, 2.05) is 42.5 Å². The largest absolute Gasteiger partial charge is 0.299 e. The molecule has 1 amide bonds. The van der Waals surface area contributed by atoms with Crippen molar-refractivity contribution >= 4 is 11.7 Å². The molecule has 0 spiro atoms. The summed E-state index contributed by atoms with van der Waals surface area (Å²) in [5.74, 6) is -0.342. The Morgan fingerprint density at radius 2 is 1.75 bits per heavy atom. The van der Waals surface area contributed by atoms with Crippen LogP contribution >= 0.6 is 0 Å². The average molecular weight is 323 g/mol. The number of benzene rings is 2. The maximum atomic E-state index is 12.3. The molecule has 0 aromatic heterocycles. The summed E-state index contributed by atoms with van der Waals surface area (Å²) in [5.41, 5.74) is 6.10. The van der Waals surface area contributed by atoms with Gasteiger partial charge in [0, 0.05) is 18.8 Å². The molecule has 1 aliphatic carbocycles. The molecule has 0 aliphatic heterocycles. The number of hydrogen-bond donors (Lipinski definition) is 2. The molecule has 4 heteroatoms. The third-order valence-electron chi connectivity index (χ3n) is 4.63. The minimum Gasteiger partial charge on any atom is -0.299 e. The molecule has 1 unspecified atom stereocenters. The van der Waals surface area contributed by atoms with Gasteiger partial charge in [-0.15, -0.1) is 0 Å². The molecule has 2 N–H and O–H groups in total. The lowest BCUT2D eigenvalue weighted by Crippen LogP contribution is -2.32. The van der Waals surface area contributed by atoms with Crippen molar-refractivity contribution in [2.45, 2.75) is 32.1 Å². The monoisotopic (exact) mass is 323 g/mol. The summed E-state index contributed by atoms with van der Waals surface area (Å²) in [7, 11) is 0. The van der Waals surface area contributed by atoms with Crippen molar-refractivity contribution in [1.29, 1.82) is 0 Å². The lowest BCUT2D eigenvalue weighted by molar-refractivity contribution is -0.133. The molecule has 24 heavy (non-hydrogen) atoms. The van der Waals surface area contributed by atoms with E-state index < -0.39 is 0 Å². The lowest BCUT2D eigenvalue weighted by atomic mass is 9.82. The van der Waals surface area contributed by atoms with Crippen molar-refractivity contribution in [3.05, 3.63) is 70.8 Å². The van der Waals surface area contributed by atoms with E-state index in [0.717, 1.165) is 29.5 Å². The summed E-state index contributed by atoms with van der Waals surface area (Å²) >= 11 is 0. The van der Waals surface area contributed by atoms with Crippen molar-refractivity contribution in [1.82, 2.24) is 5.48 Å². The van der Waals surface area contributed by atoms with Crippen LogP contribution < -0.4 is 5.48 Å². The Balaban J connectivity index is 1.67. The van der Waals surface area contributed by atoms with Gasteiger partial charge >= 0.3 is 0 Å². The number of carbonyl (C=O) groups is 2. The molecule has 0 saturated heterocycles. The number of hydrogen-bond acceptors (Lipinski definition) is 3. The standard InChI is InChI=1S/C20H21NO3/c22-19(11-14-4-2-1-3-5-14)12-15-6-7-16-8-9-17(20(23)21-24)13-18(16)10-15/h1-7,10,17,24H,8-9,11-13H2,(H,21,23). The van der Waals surface area contributed by atoms with Crippen LogP contribution in [0.15, 0.2) is 48.5 Å². The first-order valence-corrected chi connectivity index (χ1v) is 8.26. The van der Waals surface area contributed by atoms with Crippen molar-refractivity contribution < 1.29 is 14.8 Å². The predicted octanol–water partition coefficient (Wildman–Crippen LogP) is 2.65. The van der Waals surface area contributed by atoms with Gasteiger partial charge in [-0.05, 0) is 41.5 Å². The van der Waals surface area contributed by atoms with Crippen LogP contribution in [0.25, 0.3) is 0 Å². The Morgan fingerprint density at radius 3 is 2.50 bits per heavy atom. The number of hydroxylamine groups is 1. The molecular weight excluding hydrogens is 302 g/mol. The van der Waals surface area contributed by atoms with E-state index in [9.17, 15) is 9.59 Å². The summed E-state index contributed by atoms with van der Waals surface area (Å²) in [4.78, 5) is 23.9. The van der Waals surface area contributed by atoms with Crippen LogP contribution in [0.1, 0.15) is 28.7 Å². The minimum absolute atomic E-state index is 0.182. The van der Waals surface area contributed by atoms with Gasteiger partial charge in [-0.3, -0.25) is 14.8 Å². The fourth-order valence-corrected chi connectivity index (χ4v) is 3.35. The fraction of sp³-hybridized carbons (Fsp3) is 0.300. The number of amides is 1. The number of nitrogens with one attached hydrogen (secondary N) is 1. The van der Waals surface area contributed by atoms with E-state index in [2.05, 4.69) is 6.07 Å². The van der Waals surface area contributed by atoms with E-state index in [-0.39, 0.29) is 17.6 Å². The van der Waals surface area contributed by atoms with Crippen LogP contribution in [0.3, 0.4) is 0 Å². The van der Waals surface area contributed by atoms with Gasteiger partial charge in [-0.25, -0.2) is 5.48 Å². The summed E-state index contributed by atoms with van der Waals surface area (Å²) in [5, 5.41) is 8.80. The molecule has 0 heterocycles. The van der Waals surface area contributed by atoms with Gasteiger partial charge in [0.1, 0.15) is 5.78 Å². The second-order valence-electron chi connectivity index (χ2n) is 6.40. The third kappa shape index (κ3) is 3.89. The second-order valence-corrected chi connectivity index (χ2v) is 6.40. The molecule has 1 aliphatic rings. The second kappa shape index (κ2) is 7.41. The number of fused-ring (bicyclic) bond motifs is 1. The Kier molecular flexibility index (Phi) is 5.06. The van der Waals surface area contributed by atoms with E-state index >= 15 is 0 Å². The summed E-state index contributed by atoms with van der Waals surface area (Å²) in [6, 6.07) is 15.8. The van der Waals surface area contributed by atoms with Gasteiger partial charge < -0.3 is 0 Å². The van der Waals surface area contributed by atoms with Crippen LogP contribution in [0, 0.1) is 5.92 Å². The Labute approximate surface area is 141 Å². The third-order valence-corrected chi connectivity index (χ3v) is 4.63. The highest BCUT2D eigenvalue weighted by Crippen LogP contribution is 2.27. The first-order chi connectivity index (χ1) is 11.7. The van der Waals surface area contributed by atoms with Gasteiger partial charge in [0.05, 0.1) is 0 Å². The van der Waals surface area contributed by atoms with Gasteiger partial charge in [-0.1, -0.05) is 48.5 Å². The van der Waals surface area contributed by atoms with Crippen molar-refractivity contribution in [2.24, 2.45) is 5.92 Å². The molecule has 0 fully saturated rings. The Hall–Kier alpha value is -2.46. The van der Waals surface area contributed by atoms with Crippen LogP contribution in [0.5, 0.6) is 0 Å². The van der Waals surface area contributed by atoms with Crippen LogP contribution in [0.4, 0.5) is 0 Å². The summed E-state index contributed by atoms with van der Waals surface area (Å²) in [6.07, 6.45) is 3.02. The quantitative estimate of drug-likeness (QED) is 0.657. The summed E-state index contributed by atoms with van der Waals surface area (Å²) in [6.45, 7) is 0. The maximum Gasteiger partial charge on any atom is 0.246 e. The minimum atomic E-state index is -0.328. The molecule has 0 bridgehead atoms. The summed E-state index contributed by atoms with van der Waals surface area (Å²) < 4.78 is 0. The number of aryl methyl sites for hydroxylation is 1. The molecule has 1 atom stereocenters. The zero-order valence-electron chi connectivity index (χ0n) is 13.5. The molecule has 2 aromatic rings. The number of ketones is 1. The molecule has 0 saturated carbocycles. The van der Waals surface area contributed by atoms with Crippen LogP contribution in [-0.2, 0) is 35.3 Å². The highest BCUT2D eigenvalue weighted by Gasteiger charge is 2.24. The van der Waals surface area contributed by atoms with Crippen molar-refractivity contribution in [3.8, 4) is 0 Å². The topological polar surface area (TPSA) is 66.4 Å². The normalized spacial score (nSPS) is 16.3. The Bertz CT molecular complexity index is 740. The van der Waals surface area contributed by atoms with Gasteiger partial charge in [-0.2, -0.15) is 0 Å². The zero-order chi connectivity index (χ0) is 16.9. The highest BCUT2D eigenvalue weighted by atomic mass is 16.5. The van der Waals surface area contributed by atoms with Gasteiger partial charge in [0.15, 0.2) is 0 Å². The molecule has 2 aromatic carbocycles. The van der Waals surface area contributed by atoms with E-state index in [4.69, 9.17) is 5.21 Å². The molecule has 124 valence electrons. The molecule has 4 nitrogen and oxygen atoms in total. The number of rotatable bonds is 5. The molecular formula is C20H21NO3. The predicted molar refractivity (Wildman–Crippen MR) is 90.7 cm³/mol. The van der Waals surface area contributed by atoms with Gasteiger partial charge in [0.25, 0.3) is 0 Å². The van der Waals surface area contributed by atoms with Crippen LogP contribution in [0.2, 0.25) is 0 Å². The number of carbonyl (C=O) groups excluding carboxylic acids is 2. The van der Waals surface area contributed by atoms with Gasteiger partial charge in [0.2, 0.25) is 5.91 Å². The van der Waals surface area contributed by atoms with Crippen LogP contribution in [-0.4, -0.2) is 16.9 Å². The first kappa shape index (κ1) is 16.4. The zero-order valence-corrected chi connectivity index (χ0v) is 13.5. The Morgan fingerprint density at radius 1 is 1.00 bits per heavy atom. The molecule has 0 radical (unpaired) electrons. The highest BCUT2D eigenvalue weighted by molar-refractivity contribution is 5.83. The van der Waals surface area contributed by atoms with E-state index in [0.29, 0.717) is 19.3 Å². The number of Topliss-reactive ketones (excluding diaryl/α,β-unsaturated/α-hetero) is 1. The van der Waals surface area contributed by atoms with Crippen molar-refractivity contribution in [3.63, 3.8) is 0 Å². The van der Waals surface area contributed by atoms with Crippen molar-refractivity contribution in [2.75, 3.05) is 0 Å². The molecule has 3 rings (SSSR count). The maximum absolute atomic E-state index is 12.3.